The van der Waals surface area contributed by atoms with Gasteiger partial charge in [0.2, 0.25) is 0 Å². The van der Waals surface area contributed by atoms with Crippen molar-refractivity contribution in [3.05, 3.63) is 34.3 Å². The van der Waals surface area contributed by atoms with Crippen LogP contribution in [0.15, 0.2) is 28.7 Å². The van der Waals surface area contributed by atoms with Crippen molar-refractivity contribution in [1.29, 1.82) is 0 Å². The number of halogens is 1. The molecule has 0 saturated heterocycles. The number of hydrogen-bond donors (Lipinski definition) is 1. The van der Waals surface area contributed by atoms with E-state index in [2.05, 4.69) is 66.3 Å². The fraction of sp³-hybridized carbons (Fsp3) is 0.625. The second kappa shape index (κ2) is 8.72. The maximum atomic E-state index is 5.42. The van der Waals surface area contributed by atoms with Gasteiger partial charge in [-0.2, -0.15) is 0 Å². The molecule has 0 fully saturated rings. The molecule has 1 N–H and O–H groups in total. The summed E-state index contributed by atoms with van der Waals surface area (Å²) in [4.78, 5) is 0. The molecular formula is C16H26BrNO. The van der Waals surface area contributed by atoms with Gasteiger partial charge in [0.25, 0.3) is 0 Å². The number of nitrogens with one attached hydrogen (secondary N) is 1. The van der Waals surface area contributed by atoms with Gasteiger partial charge in [-0.1, -0.05) is 41.9 Å². The Morgan fingerprint density at radius 1 is 1.21 bits per heavy atom. The van der Waals surface area contributed by atoms with Crippen LogP contribution in [0.25, 0.3) is 0 Å². The third-order valence-corrected chi connectivity index (χ3v) is 3.78. The van der Waals surface area contributed by atoms with Gasteiger partial charge in [-0.25, -0.2) is 0 Å². The fourth-order valence-electron chi connectivity index (χ4n) is 2.14. The predicted octanol–water partition coefficient (Wildman–Crippen LogP) is 4.20. The highest BCUT2D eigenvalue weighted by atomic mass is 79.9. The zero-order valence-corrected chi connectivity index (χ0v) is 14.0. The molecule has 0 amide bonds. The molecule has 108 valence electrons. The lowest BCUT2D eigenvalue weighted by Gasteiger charge is -2.22. The summed E-state index contributed by atoms with van der Waals surface area (Å²) in [5, 5.41) is 3.56. The van der Waals surface area contributed by atoms with Gasteiger partial charge in [-0.3, -0.25) is 0 Å². The first-order valence-electron chi connectivity index (χ1n) is 7.02. The van der Waals surface area contributed by atoms with E-state index in [1.807, 2.05) is 0 Å². The van der Waals surface area contributed by atoms with Gasteiger partial charge in [0, 0.05) is 18.1 Å². The van der Waals surface area contributed by atoms with E-state index in [9.17, 15) is 0 Å². The average molecular weight is 328 g/mol. The molecule has 0 saturated carbocycles. The smallest absolute Gasteiger partial charge is 0.0549 e. The summed E-state index contributed by atoms with van der Waals surface area (Å²) in [6, 6.07) is 8.59. The summed E-state index contributed by atoms with van der Waals surface area (Å²) in [6.07, 6.45) is 1.32. The van der Waals surface area contributed by atoms with Crippen molar-refractivity contribution in [3.8, 4) is 0 Å². The molecule has 2 atom stereocenters. The maximum Gasteiger partial charge on any atom is 0.0549 e. The second-order valence-electron chi connectivity index (χ2n) is 5.59. The van der Waals surface area contributed by atoms with Crippen molar-refractivity contribution in [2.45, 2.75) is 39.2 Å². The van der Waals surface area contributed by atoms with Crippen molar-refractivity contribution in [2.24, 2.45) is 5.92 Å². The van der Waals surface area contributed by atoms with Crippen LogP contribution in [-0.4, -0.2) is 26.3 Å². The molecule has 1 aromatic rings. The molecule has 0 aliphatic heterocycles. The van der Waals surface area contributed by atoms with Gasteiger partial charge in [-0.05, 0) is 49.4 Å². The Hall–Kier alpha value is -0.380. The van der Waals surface area contributed by atoms with Crippen molar-refractivity contribution in [3.63, 3.8) is 0 Å². The van der Waals surface area contributed by atoms with Gasteiger partial charge in [0.15, 0.2) is 0 Å². The van der Waals surface area contributed by atoms with Crippen LogP contribution >= 0.6 is 15.9 Å². The van der Waals surface area contributed by atoms with Crippen LogP contribution in [0.3, 0.4) is 0 Å². The monoisotopic (exact) mass is 327 g/mol. The van der Waals surface area contributed by atoms with Crippen LogP contribution in [0.4, 0.5) is 0 Å². The van der Waals surface area contributed by atoms with Gasteiger partial charge in [0.05, 0.1) is 6.10 Å². The minimum Gasteiger partial charge on any atom is -0.382 e. The normalized spacial score (nSPS) is 14.6. The Labute approximate surface area is 126 Å². The average Bonchev–Trinajstić information content (AvgIpc) is 2.37. The predicted molar refractivity (Wildman–Crippen MR) is 85.7 cm³/mol. The Balaban J connectivity index is 2.68. The molecule has 0 heterocycles. The van der Waals surface area contributed by atoms with Gasteiger partial charge < -0.3 is 10.1 Å². The SMILES string of the molecule is COC(C)CC(CNCC(C)C)c1cccc(Br)c1. The number of hydrogen-bond acceptors (Lipinski definition) is 2. The van der Waals surface area contributed by atoms with Crippen LogP contribution in [0, 0.1) is 5.92 Å². The lowest BCUT2D eigenvalue weighted by molar-refractivity contribution is 0.104. The van der Waals surface area contributed by atoms with E-state index in [4.69, 9.17) is 4.74 Å². The quantitative estimate of drug-likeness (QED) is 0.772. The number of ether oxygens (including phenoxy) is 1. The third kappa shape index (κ3) is 6.55. The number of rotatable bonds is 8. The molecule has 0 spiro atoms. The number of benzene rings is 1. The minimum absolute atomic E-state index is 0.282. The van der Waals surface area contributed by atoms with E-state index in [0.29, 0.717) is 11.8 Å². The highest BCUT2D eigenvalue weighted by molar-refractivity contribution is 9.10. The van der Waals surface area contributed by atoms with E-state index in [-0.39, 0.29) is 6.10 Å². The molecule has 1 aromatic carbocycles. The summed E-state index contributed by atoms with van der Waals surface area (Å²) >= 11 is 3.55. The molecule has 0 bridgehead atoms. The molecule has 0 aliphatic rings. The first-order chi connectivity index (χ1) is 9.02. The Morgan fingerprint density at radius 3 is 2.53 bits per heavy atom. The summed E-state index contributed by atoms with van der Waals surface area (Å²) in [5.41, 5.74) is 1.37. The number of methoxy groups -OCH3 is 1. The molecule has 19 heavy (non-hydrogen) atoms. The first kappa shape index (κ1) is 16.7. The molecule has 2 nitrogen and oxygen atoms in total. The van der Waals surface area contributed by atoms with Crippen molar-refractivity contribution < 1.29 is 4.74 Å². The molecule has 2 unspecified atom stereocenters. The highest BCUT2D eigenvalue weighted by Gasteiger charge is 2.15. The summed E-state index contributed by atoms with van der Waals surface area (Å²) in [7, 11) is 1.78. The zero-order chi connectivity index (χ0) is 14.3. The zero-order valence-electron chi connectivity index (χ0n) is 12.4. The van der Waals surface area contributed by atoms with Crippen LogP contribution in [0.5, 0.6) is 0 Å². The maximum absolute atomic E-state index is 5.42. The van der Waals surface area contributed by atoms with Crippen LogP contribution in [0.2, 0.25) is 0 Å². The van der Waals surface area contributed by atoms with Crippen molar-refractivity contribution >= 4 is 15.9 Å². The molecule has 3 heteroatoms. The largest absolute Gasteiger partial charge is 0.382 e. The van der Waals surface area contributed by atoms with E-state index >= 15 is 0 Å². The Bertz CT molecular complexity index is 368. The lowest BCUT2D eigenvalue weighted by Crippen LogP contribution is -2.27. The van der Waals surface area contributed by atoms with Crippen LogP contribution < -0.4 is 5.32 Å². The molecular weight excluding hydrogens is 302 g/mol. The lowest BCUT2D eigenvalue weighted by atomic mass is 9.93. The molecule has 0 radical (unpaired) electrons. The Morgan fingerprint density at radius 2 is 1.95 bits per heavy atom. The highest BCUT2D eigenvalue weighted by Crippen LogP contribution is 2.24. The fourth-order valence-corrected chi connectivity index (χ4v) is 2.56. The van der Waals surface area contributed by atoms with Gasteiger partial charge in [0.1, 0.15) is 0 Å². The van der Waals surface area contributed by atoms with E-state index in [0.717, 1.165) is 24.0 Å². The molecule has 0 aromatic heterocycles. The second-order valence-corrected chi connectivity index (χ2v) is 6.50. The summed E-state index contributed by atoms with van der Waals surface area (Å²) in [6.45, 7) is 8.67. The summed E-state index contributed by atoms with van der Waals surface area (Å²) in [5.74, 6) is 1.18. The molecule has 1 rings (SSSR count). The Kier molecular flexibility index (Phi) is 7.66. The van der Waals surface area contributed by atoms with Gasteiger partial charge in [-0.15, -0.1) is 0 Å². The van der Waals surface area contributed by atoms with E-state index in [1.165, 1.54) is 5.56 Å². The minimum atomic E-state index is 0.282. The standard InChI is InChI=1S/C16H26BrNO/c1-12(2)10-18-11-15(8-13(3)19-4)14-6-5-7-16(17)9-14/h5-7,9,12-13,15,18H,8,10-11H2,1-4H3. The van der Waals surface area contributed by atoms with Crippen LogP contribution in [0.1, 0.15) is 38.7 Å². The topological polar surface area (TPSA) is 21.3 Å². The van der Waals surface area contributed by atoms with E-state index in [1.54, 1.807) is 7.11 Å². The van der Waals surface area contributed by atoms with Crippen LogP contribution in [-0.2, 0) is 4.74 Å². The van der Waals surface area contributed by atoms with Crippen molar-refractivity contribution in [2.75, 3.05) is 20.2 Å². The third-order valence-electron chi connectivity index (χ3n) is 3.28. The first-order valence-corrected chi connectivity index (χ1v) is 7.81. The van der Waals surface area contributed by atoms with Crippen molar-refractivity contribution in [1.82, 2.24) is 5.32 Å². The van der Waals surface area contributed by atoms with Gasteiger partial charge >= 0.3 is 0 Å². The summed E-state index contributed by atoms with van der Waals surface area (Å²) < 4.78 is 6.56. The van der Waals surface area contributed by atoms with E-state index < -0.39 is 0 Å². The molecule has 0 aliphatic carbocycles.